The number of hydrogen-bond acceptors (Lipinski definition) is 3. The summed E-state index contributed by atoms with van der Waals surface area (Å²) in [4.78, 5) is 23.6. The van der Waals surface area contributed by atoms with Gasteiger partial charge in [0.1, 0.15) is 5.82 Å². The molecule has 2 amide bonds. The second-order valence-corrected chi connectivity index (χ2v) is 7.40. The number of rotatable bonds is 5. The Morgan fingerprint density at radius 2 is 1.96 bits per heavy atom. The lowest BCUT2D eigenvalue weighted by molar-refractivity contribution is 0.145. The van der Waals surface area contributed by atoms with Crippen LogP contribution < -0.4 is 0 Å². The Morgan fingerprint density at radius 1 is 1.21 bits per heavy atom. The van der Waals surface area contributed by atoms with Crippen LogP contribution >= 0.6 is 0 Å². The van der Waals surface area contributed by atoms with Gasteiger partial charge in [-0.15, -0.1) is 0 Å². The number of carbonyl (C=O) groups is 1. The number of piperidine rings is 1. The van der Waals surface area contributed by atoms with Gasteiger partial charge >= 0.3 is 6.03 Å². The molecule has 134 valence electrons. The third kappa shape index (κ3) is 4.09. The van der Waals surface area contributed by atoms with Crippen molar-refractivity contribution in [2.24, 2.45) is 0 Å². The average Bonchev–Trinajstić information content (AvgIpc) is 3.26. The number of imidazole rings is 1. The molecule has 0 bridgehead atoms. The Balaban J connectivity index is 1.60. The van der Waals surface area contributed by atoms with E-state index in [-0.39, 0.29) is 6.03 Å². The molecule has 0 saturated carbocycles. The van der Waals surface area contributed by atoms with Crippen LogP contribution in [0.2, 0.25) is 0 Å². The Labute approximate surface area is 145 Å². The maximum atomic E-state index is 12.7. The highest BCUT2D eigenvalue weighted by atomic mass is 16.2. The lowest BCUT2D eigenvalue weighted by atomic mass is 9.97. The summed E-state index contributed by atoms with van der Waals surface area (Å²) in [6.07, 6.45) is 9.64. The molecule has 0 aromatic carbocycles. The van der Waals surface area contributed by atoms with Crippen LogP contribution in [-0.4, -0.2) is 77.1 Å². The van der Waals surface area contributed by atoms with Crippen LogP contribution in [0.3, 0.4) is 0 Å². The summed E-state index contributed by atoms with van der Waals surface area (Å²) in [6, 6.07) is 0.239. The average molecular weight is 333 g/mol. The predicted molar refractivity (Wildman–Crippen MR) is 95.1 cm³/mol. The van der Waals surface area contributed by atoms with Gasteiger partial charge in [-0.3, -0.25) is 0 Å². The molecule has 0 unspecified atom stereocenters. The van der Waals surface area contributed by atoms with Crippen LogP contribution in [0.1, 0.15) is 43.8 Å². The summed E-state index contributed by atoms with van der Waals surface area (Å²) < 4.78 is 2.29. The number of likely N-dealkylation sites (tertiary alicyclic amines) is 2. The first-order valence-corrected chi connectivity index (χ1v) is 9.35. The fourth-order valence-electron chi connectivity index (χ4n) is 3.90. The van der Waals surface area contributed by atoms with E-state index in [0.717, 1.165) is 77.2 Å². The molecule has 1 atom stereocenters. The molecule has 2 fully saturated rings. The highest BCUT2D eigenvalue weighted by molar-refractivity contribution is 5.74. The fourth-order valence-corrected chi connectivity index (χ4v) is 3.90. The number of aromatic nitrogens is 2. The standard InChI is InChI=1S/C18H31N5O/c1-20(2)9-6-13-21-14-8-19-17(21)16-7-5-12-23(15-16)18(24)22-10-3-4-11-22/h8,14,16H,3-7,9-13,15H2,1-2H3/t16-/m0/s1. The monoisotopic (exact) mass is 333 g/mol. The smallest absolute Gasteiger partial charge is 0.320 e. The van der Waals surface area contributed by atoms with Crippen LogP contribution in [0.25, 0.3) is 0 Å². The van der Waals surface area contributed by atoms with Gasteiger partial charge in [0.15, 0.2) is 0 Å². The normalized spacial score (nSPS) is 21.7. The van der Waals surface area contributed by atoms with Gasteiger partial charge in [-0.25, -0.2) is 9.78 Å². The largest absolute Gasteiger partial charge is 0.335 e. The number of amides is 2. The quantitative estimate of drug-likeness (QED) is 0.830. The summed E-state index contributed by atoms with van der Waals surface area (Å²) in [5, 5.41) is 0. The zero-order valence-corrected chi connectivity index (χ0v) is 15.2. The summed E-state index contributed by atoms with van der Waals surface area (Å²) in [6.45, 7) is 5.66. The molecule has 0 aliphatic carbocycles. The minimum absolute atomic E-state index is 0.239. The molecule has 0 radical (unpaired) electrons. The number of aryl methyl sites for hydroxylation is 1. The van der Waals surface area contributed by atoms with Crippen molar-refractivity contribution in [2.75, 3.05) is 46.8 Å². The number of hydrogen-bond donors (Lipinski definition) is 0. The van der Waals surface area contributed by atoms with E-state index in [0.29, 0.717) is 5.92 Å². The van der Waals surface area contributed by atoms with Gasteiger partial charge < -0.3 is 19.3 Å². The molecule has 24 heavy (non-hydrogen) atoms. The molecule has 3 rings (SSSR count). The first-order valence-electron chi connectivity index (χ1n) is 9.35. The fraction of sp³-hybridized carbons (Fsp3) is 0.778. The van der Waals surface area contributed by atoms with E-state index in [2.05, 4.69) is 39.6 Å². The molecule has 0 spiro atoms. The number of urea groups is 1. The lowest BCUT2D eigenvalue weighted by Gasteiger charge is -2.35. The number of nitrogens with zero attached hydrogens (tertiary/aromatic N) is 5. The minimum Gasteiger partial charge on any atom is -0.335 e. The van der Waals surface area contributed by atoms with Crippen LogP contribution in [0.5, 0.6) is 0 Å². The van der Waals surface area contributed by atoms with Crippen LogP contribution in [0, 0.1) is 0 Å². The third-order valence-corrected chi connectivity index (χ3v) is 5.19. The van der Waals surface area contributed by atoms with Gasteiger partial charge in [-0.1, -0.05) is 0 Å². The topological polar surface area (TPSA) is 44.6 Å². The molecule has 1 aromatic rings. The Kier molecular flexibility index (Phi) is 5.76. The molecule has 0 N–H and O–H groups in total. The van der Waals surface area contributed by atoms with E-state index in [4.69, 9.17) is 0 Å². The molecular formula is C18H31N5O. The first-order chi connectivity index (χ1) is 11.6. The summed E-state index contributed by atoms with van der Waals surface area (Å²) in [5.74, 6) is 1.53. The number of carbonyl (C=O) groups excluding carboxylic acids is 1. The van der Waals surface area contributed by atoms with Gasteiger partial charge in [-0.05, 0) is 52.7 Å². The SMILES string of the molecule is CN(C)CCCn1ccnc1[C@H]1CCCN(C(=O)N2CCCC2)C1. The molecule has 2 aliphatic rings. The van der Waals surface area contributed by atoms with Gasteiger partial charge in [0.05, 0.1) is 0 Å². The summed E-state index contributed by atoms with van der Waals surface area (Å²) in [5.41, 5.74) is 0. The van der Waals surface area contributed by atoms with E-state index in [1.54, 1.807) is 0 Å². The van der Waals surface area contributed by atoms with E-state index in [1.807, 2.05) is 11.1 Å². The van der Waals surface area contributed by atoms with Crippen LogP contribution in [-0.2, 0) is 6.54 Å². The first kappa shape index (κ1) is 17.3. The summed E-state index contributed by atoms with van der Waals surface area (Å²) >= 11 is 0. The van der Waals surface area contributed by atoms with Crippen molar-refractivity contribution in [3.63, 3.8) is 0 Å². The minimum atomic E-state index is 0.239. The molecule has 1 aromatic heterocycles. The molecule has 2 saturated heterocycles. The highest BCUT2D eigenvalue weighted by Gasteiger charge is 2.30. The van der Waals surface area contributed by atoms with Crippen LogP contribution in [0.4, 0.5) is 4.79 Å². The molecule has 6 heteroatoms. The van der Waals surface area contributed by atoms with Crippen molar-refractivity contribution >= 4 is 6.03 Å². The van der Waals surface area contributed by atoms with Crippen LogP contribution in [0.15, 0.2) is 12.4 Å². The van der Waals surface area contributed by atoms with Crippen molar-refractivity contribution in [1.82, 2.24) is 24.3 Å². The second-order valence-electron chi connectivity index (χ2n) is 7.40. The van der Waals surface area contributed by atoms with E-state index in [1.165, 1.54) is 0 Å². The summed E-state index contributed by atoms with van der Waals surface area (Å²) in [7, 11) is 4.22. The van der Waals surface area contributed by atoms with Crippen molar-refractivity contribution < 1.29 is 4.79 Å². The maximum Gasteiger partial charge on any atom is 0.320 e. The van der Waals surface area contributed by atoms with E-state index < -0.39 is 0 Å². The zero-order chi connectivity index (χ0) is 16.9. The van der Waals surface area contributed by atoms with Crippen molar-refractivity contribution in [1.29, 1.82) is 0 Å². The highest BCUT2D eigenvalue weighted by Crippen LogP contribution is 2.27. The Hall–Kier alpha value is -1.56. The molecule has 3 heterocycles. The van der Waals surface area contributed by atoms with Crippen molar-refractivity contribution in [2.45, 2.75) is 44.6 Å². The predicted octanol–water partition coefficient (Wildman–Crippen LogP) is 2.23. The lowest BCUT2D eigenvalue weighted by Crippen LogP contribution is -2.46. The third-order valence-electron chi connectivity index (χ3n) is 5.19. The molecule has 2 aliphatic heterocycles. The Bertz CT molecular complexity index is 535. The van der Waals surface area contributed by atoms with E-state index in [9.17, 15) is 4.79 Å². The van der Waals surface area contributed by atoms with Gasteiger partial charge in [-0.2, -0.15) is 0 Å². The Morgan fingerprint density at radius 3 is 2.71 bits per heavy atom. The second kappa shape index (κ2) is 8.01. The van der Waals surface area contributed by atoms with Gasteiger partial charge in [0.2, 0.25) is 0 Å². The molecular weight excluding hydrogens is 302 g/mol. The van der Waals surface area contributed by atoms with Crippen molar-refractivity contribution in [3.05, 3.63) is 18.2 Å². The van der Waals surface area contributed by atoms with Crippen molar-refractivity contribution in [3.8, 4) is 0 Å². The maximum absolute atomic E-state index is 12.7. The molecule has 6 nitrogen and oxygen atoms in total. The van der Waals surface area contributed by atoms with Gasteiger partial charge in [0.25, 0.3) is 0 Å². The zero-order valence-electron chi connectivity index (χ0n) is 15.2. The van der Waals surface area contributed by atoms with Gasteiger partial charge in [0, 0.05) is 51.0 Å². The van der Waals surface area contributed by atoms with E-state index >= 15 is 0 Å².